The van der Waals surface area contributed by atoms with Crippen LogP contribution in [0.1, 0.15) is 20.3 Å². The van der Waals surface area contributed by atoms with Crippen LogP contribution in [-0.4, -0.2) is 36.0 Å². The van der Waals surface area contributed by atoms with Gasteiger partial charge in [0.2, 0.25) is 0 Å². The third kappa shape index (κ3) is 80.4. The van der Waals surface area contributed by atoms with Crippen LogP contribution in [0.3, 0.4) is 0 Å². The van der Waals surface area contributed by atoms with E-state index in [0.29, 0.717) is 0 Å². The maximum absolute atomic E-state index is 10.0. The summed E-state index contributed by atoms with van der Waals surface area (Å²) in [5, 5.41) is 14.0. The zero-order valence-corrected chi connectivity index (χ0v) is 13.3. The van der Waals surface area contributed by atoms with Crippen molar-refractivity contribution >= 4 is 29.9 Å². The fourth-order valence-corrected chi connectivity index (χ4v) is 0.351. The van der Waals surface area contributed by atoms with Gasteiger partial charge in [-0.05, 0) is 13.8 Å². The van der Waals surface area contributed by atoms with Crippen LogP contribution in [0.25, 0.3) is 0 Å². The van der Waals surface area contributed by atoms with Crippen molar-refractivity contribution in [1.82, 2.24) is 0 Å². The summed E-state index contributed by atoms with van der Waals surface area (Å²) >= 11 is -0.889. The van der Waals surface area contributed by atoms with Crippen LogP contribution in [0.5, 0.6) is 0 Å². The summed E-state index contributed by atoms with van der Waals surface area (Å²) < 4.78 is 0. The van der Waals surface area contributed by atoms with Gasteiger partial charge in [0.05, 0.1) is 6.42 Å². The third-order valence-corrected chi connectivity index (χ3v) is 0.498. The Labute approximate surface area is 102 Å². The Balaban J connectivity index is -0.0000000603. The summed E-state index contributed by atoms with van der Waals surface area (Å²) in [6.45, 7) is 2.81. The fourth-order valence-electron chi connectivity index (χ4n) is 0.351. The number of hydrogen-bond donors (Lipinski definition) is 2. The van der Waals surface area contributed by atoms with E-state index in [-0.39, 0.29) is 18.0 Å². The van der Waals surface area contributed by atoms with Crippen molar-refractivity contribution in [2.75, 3.05) is 14.2 Å². The number of carbonyl (C=O) groups excluding carboxylic acids is 2. The molecule has 0 heterocycles. The molecule has 4 nitrogen and oxygen atoms in total. The molecule has 0 aromatic carbocycles. The molecule has 0 spiro atoms. The predicted molar refractivity (Wildman–Crippen MR) is 54.0 cm³/mol. The first kappa shape index (κ1) is 24.0. The van der Waals surface area contributed by atoms with E-state index in [9.17, 15) is 9.59 Å². The Bertz CT molecular complexity index is 110. The fraction of sp³-hybridized carbons (Fsp3) is 0.714. The molecule has 0 saturated carbocycles. The summed E-state index contributed by atoms with van der Waals surface area (Å²) in [6.07, 6.45) is 0.0833. The van der Waals surface area contributed by atoms with E-state index in [1.165, 1.54) is 13.8 Å². The van der Waals surface area contributed by atoms with Crippen molar-refractivity contribution in [2.24, 2.45) is 0 Å². The van der Waals surface area contributed by atoms with Crippen molar-refractivity contribution < 1.29 is 37.4 Å². The Morgan fingerprint density at radius 3 is 1.14 bits per heavy atom. The Morgan fingerprint density at radius 2 is 1.14 bits per heavy atom. The van der Waals surface area contributed by atoms with Crippen LogP contribution in [0.2, 0.25) is 0 Å². The molecule has 87 valence electrons. The number of aliphatic hydroxyl groups is 2. The molecule has 14 heavy (non-hydrogen) atoms. The topological polar surface area (TPSA) is 74.6 Å². The van der Waals surface area contributed by atoms with Crippen molar-refractivity contribution in [3.8, 4) is 0 Å². The molecule has 0 bridgehead atoms. The molecule has 0 unspecified atom stereocenters. The van der Waals surface area contributed by atoms with E-state index in [0.717, 1.165) is 14.2 Å². The zero-order valence-electron chi connectivity index (χ0n) is 8.62. The molecule has 0 amide bonds. The van der Waals surface area contributed by atoms with Crippen LogP contribution >= 0.6 is 18.4 Å². The van der Waals surface area contributed by atoms with Gasteiger partial charge in [-0.2, -0.15) is 0 Å². The first-order valence-electron chi connectivity index (χ1n) is 3.35. The molecule has 0 atom stereocenters. The summed E-state index contributed by atoms with van der Waals surface area (Å²) in [6, 6.07) is 0. The molecule has 0 aliphatic carbocycles. The van der Waals surface area contributed by atoms with Crippen molar-refractivity contribution in [3.05, 3.63) is 0 Å². The van der Waals surface area contributed by atoms with E-state index in [4.69, 9.17) is 28.6 Å². The van der Waals surface area contributed by atoms with Crippen LogP contribution < -0.4 is 0 Å². The van der Waals surface area contributed by atoms with E-state index in [1.54, 1.807) is 0 Å². The average Bonchev–Trinajstić information content (AvgIpc) is 2.10. The molecule has 0 rings (SSSR count). The van der Waals surface area contributed by atoms with Gasteiger partial charge in [-0.3, -0.25) is 9.59 Å². The summed E-state index contributed by atoms with van der Waals surface area (Å²) in [4.78, 5) is 20.1. The van der Waals surface area contributed by atoms with Gasteiger partial charge in [0, 0.05) is 14.2 Å². The molecular weight excluding hydrogens is 400 g/mol. The third-order valence-electron chi connectivity index (χ3n) is 0.498. The van der Waals surface area contributed by atoms with Crippen molar-refractivity contribution in [2.45, 2.75) is 20.3 Å². The van der Waals surface area contributed by atoms with E-state index in [2.05, 4.69) is 0 Å². The molecule has 2 N–H and O–H groups in total. The number of Topliss-reactive ketones (excluding diaryl/α,β-unsaturated/α-hetero) is 2. The van der Waals surface area contributed by atoms with Gasteiger partial charge in [0.1, 0.15) is 11.6 Å². The Kier molecular flexibility index (Phi) is 50.1. The van der Waals surface area contributed by atoms with Gasteiger partial charge in [-0.15, -0.1) is 0 Å². The monoisotopic (exact) mass is 415 g/mol. The number of ketones is 2. The SMILES string of the molecule is CC(=O)CC(C)=O.CO.CO.[Cl][Ta][Cl]. The van der Waals surface area contributed by atoms with Crippen LogP contribution in [-0.2, 0) is 27.2 Å². The van der Waals surface area contributed by atoms with Crippen LogP contribution in [0, 0.1) is 0 Å². The first-order chi connectivity index (χ1) is 6.54. The first-order valence-corrected chi connectivity index (χ1v) is 11.3. The molecule has 7 heteroatoms. The van der Waals surface area contributed by atoms with E-state index < -0.39 is 17.6 Å². The zero-order chi connectivity index (χ0) is 12.6. The average molecular weight is 416 g/mol. The normalized spacial score (nSPS) is 6.00. The van der Waals surface area contributed by atoms with Crippen molar-refractivity contribution in [1.29, 1.82) is 0 Å². The second-order valence-corrected chi connectivity index (χ2v) is 6.29. The molecule has 0 saturated heterocycles. The van der Waals surface area contributed by atoms with Gasteiger partial charge < -0.3 is 10.2 Å². The summed E-state index contributed by atoms with van der Waals surface area (Å²) in [5.74, 6) is -0.125. The van der Waals surface area contributed by atoms with Crippen molar-refractivity contribution in [3.63, 3.8) is 0 Å². The molecule has 0 aromatic heterocycles. The van der Waals surface area contributed by atoms with Gasteiger partial charge >= 0.3 is 36.0 Å². The molecule has 0 aliphatic rings. The van der Waals surface area contributed by atoms with Gasteiger partial charge in [-0.1, -0.05) is 0 Å². The van der Waals surface area contributed by atoms with Gasteiger partial charge in [0.15, 0.2) is 0 Å². The number of hydrogen-bond acceptors (Lipinski definition) is 4. The van der Waals surface area contributed by atoms with Crippen LogP contribution in [0.15, 0.2) is 0 Å². The Hall–Kier alpha value is 0.580. The molecule has 0 radical (unpaired) electrons. The quantitative estimate of drug-likeness (QED) is 0.663. The molecular formula is C7H16Cl2O4Ta. The minimum atomic E-state index is -0.889. The molecule has 0 fully saturated rings. The standard InChI is InChI=1S/C5H8O2.2CH4O.2ClH.Ta/c1-4(6)3-5(2)7;2*1-2;;;/h3H2,1-2H3;2*2H,1H3;2*1H;/q;;;;;+2/p-2. The second kappa shape index (κ2) is 29.2. The molecule has 0 aromatic rings. The number of halogens is 2. The number of carbonyl (C=O) groups is 2. The molecule has 0 aliphatic heterocycles. The van der Waals surface area contributed by atoms with Crippen LogP contribution in [0.4, 0.5) is 0 Å². The van der Waals surface area contributed by atoms with E-state index in [1.807, 2.05) is 0 Å². The van der Waals surface area contributed by atoms with Gasteiger partial charge in [0.25, 0.3) is 0 Å². The minimum absolute atomic E-state index is 0.0625. The Morgan fingerprint density at radius 1 is 1.00 bits per heavy atom. The maximum atomic E-state index is 10.0. The van der Waals surface area contributed by atoms with Gasteiger partial charge in [-0.25, -0.2) is 0 Å². The van der Waals surface area contributed by atoms with E-state index >= 15 is 0 Å². The summed E-state index contributed by atoms with van der Waals surface area (Å²) in [7, 11) is 11.9. The number of aliphatic hydroxyl groups excluding tert-OH is 2. The second-order valence-electron chi connectivity index (χ2n) is 1.64. The summed E-state index contributed by atoms with van der Waals surface area (Å²) in [5.41, 5.74) is 0. The predicted octanol–water partition coefficient (Wildman–Crippen LogP) is 1.15. The number of rotatable bonds is 2.